The zero-order chi connectivity index (χ0) is 15.6. The van der Waals surface area contributed by atoms with E-state index in [1.165, 1.54) is 0 Å². The maximum absolute atomic E-state index is 11.6. The van der Waals surface area contributed by atoms with Crippen LogP contribution in [0.3, 0.4) is 0 Å². The van der Waals surface area contributed by atoms with Crippen molar-refractivity contribution in [3.05, 3.63) is 23.0 Å². The van der Waals surface area contributed by atoms with E-state index in [9.17, 15) is 9.59 Å². The first-order chi connectivity index (χ1) is 9.88. The number of nitrogens with two attached hydrogens (primary N) is 1. The number of amides is 1. The Morgan fingerprint density at radius 3 is 2.71 bits per heavy atom. The Morgan fingerprint density at radius 1 is 1.38 bits per heavy atom. The molecule has 0 radical (unpaired) electrons. The molecule has 0 bridgehead atoms. The highest BCUT2D eigenvalue weighted by Crippen LogP contribution is 2.29. The van der Waals surface area contributed by atoms with Crippen molar-refractivity contribution in [2.24, 2.45) is 11.7 Å². The largest absolute Gasteiger partial charge is 0.481 e. The molecule has 114 valence electrons. The highest BCUT2D eigenvalue weighted by molar-refractivity contribution is 5.99. The van der Waals surface area contributed by atoms with Crippen LogP contribution in [0.15, 0.2) is 6.07 Å². The number of nitrogens with one attached hydrogen (secondary N) is 1. The minimum atomic E-state index is -0.751. The van der Waals surface area contributed by atoms with Gasteiger partial charge >= 0.3 is 5.97 Å². The number of anilines is 1. The summed E-state index contributed by atoms with van der Waals surface area (Å²) in [5.41, 5.74) is 7.87. The molecule has 6 nitrogen and oxygen atoms in total. The fraction of sp³-hybridized carbons (Fsp3) is 0.533. The fourth-order valence-electron chi connectivity index (χ4n) is 3.02. The lowest BCUT2D eigenvalue weighted by Gasteiger charge is -2.29. The van der Waals surface area contributed by atoms with E-state index >= 15 is 0 Å². The molecular weight excluding hydrogens is 270 g/mol. The number of carbonyl (C=O) groups excluding carboxylic acids is 1. The van der Waals surface area contributed by atoms with Gasteiger partial charge in [-0.2, -0.15) is 0 Å². The highest BCUT2D eigenvalue weighted by Gasteiger charge is 2.27. The molecular formula is C15H21N3O3. The summed E-state index contributed by atoms with van der Waals surface area (Å²) in [5, 5.41) is 12.4. The van der Waals surface area contributed by atoms with Crippen molar-refractivity contribution in [2.45, 2.75) is 45.6 Å². The number of hydrogen-bond acceptors (Lipinski definition) is 4. The third kappa shape index (κ3) is 3.51. The number of carbonyl (C=O) groups is 2. The van der Waals surface area contributed by atoms with Crippen molar-refractivity contribution < 1.29 is 14.7 Å². The number of carboxylic acid groups (broad SMARTS) is 1. The van der Waals surface area contributed by atoms with Gasteiger partial charge < -0.3 is 16.2 Å². The third-order valence-corrected chi connectivity index (χ3v) is 3.96. The number of carboxylic acids is 1. The van der Waals surface area contributed by atoms with Crippen LogP contribution in [0.1, 0.15) is 47.4 Å². The number of aryl methyl sites for hydroxylation is 2. The standard InChI is InChI=1S/C15H21N3O3/c1-8-6-12(13(14(16)19)9(2)17-8)18-11-5-3-4-10(7-11)15(20)21/h6,10-11H,3-5,7H2,1-2H3,(H2,16,19)(H,17,18)(H,20,21). The van der Waals surface area contributed by atoms with Crippen LogP contribution in [0.4, 0.5) is 5.69 Å². The van der Waals surface area contributed by atoms with Crippen LogP contribution in [0.2, 0.25) is 0 Å². The molecule has 1 aliphatic carbocycles. The zero-order valence-corrected chi connectivity index (χ0v) is 12.3. The van der Waals surface area contributed by atoms with Crippen LogP contribution in [0, 0.1) is 19.8 Å². The lowest BCUT2D eigenvalue weighted by atomic mass is 9.85. The second-order valence-electron chi connectivity index (χ2n) is 5.68. The molecule has 1 aromatic heterocycles. The van der Waals surface area contributed by atoms with Crippen molar-refractivity contribution >= 4 is 17.6 Å². The second kappa shape index (κ2) is 6.11. The number of rotatable bonds is 4. The Bertz CT molecular complexity index is 572. The van der Waals surface area contributed by atoms with Gasteiger partial charge in [-0.3, -0.25) is 14.6 Å². The van der Waals surface area contributed by atoms with Crippen LogP contribution in [0.25, 0.3) is 0 Å². The van der Waals surface area contributed by atoms with E-state index in [0.717, 1.165) is 18.5 Å². The van der Waals surface area contributed by atoms with E-state index in [0.29, 0.717) is 29.8 Å². The topological polar surface area (TPSA) is 105 Å². The molecule has 1 saturated carbocycles. The predicted molar refractivity (Wildman–Crippen MR) is 79.2 cm³/mol. The first-order valence-corrected chi connectivity index (χ1v) is 7.16. The third-order valence-electron chi connectivity index (χ3n) is 3.96. The van der Waals surface area contributed by atoms with Crippen molar-refractivity contribution in [3.8, 4) is 0 Å². The minimum absolute atomic E-state index is 0.0409. The molecule has 0 saturated heterocycles. The van der Waals surface area contributed by atoms with Gasteiger partial charge in [-0.25, -0.2) is 0 Å². The molecule has 2 rings (SSSR count). The predicted octanol–water partition coefficient (Wildman–Crippen LogP) is 1.85. The van der Waals surface area contributed by atoms with Gasteiger partial charge in [0.15, 0.2) is 0 Å². The quantitative estimate of drug-likeness (QED) is 0.785. The fourth-order valence-corrected chi connectivity index (χ4v) is 3.02. The van der Waals surface area contributed by atoms with Crippen LogP contribution in [0.5, 0.6) is 0 Å². The van der Waals surface area contributed by atoms with Crippen molar-refractivity contribution in [3.63, 3.8) is 0 Å². The van der Waals surface area contributed by atoms with E-state index in [4.69, 9.17) is 10.8 Å². The Kier molecular flexibility index (Phi) is 4.45. The summed E-state index contributed by atoms with van der Waals surface area (Å²) in [6.45, 7) is 3.60. The van der Waals surface area contributed by atoms with E-state index in [-0.39, 0.29) is 12.0 Å². The number of nitrogens with zero attached hydrogens (tertiary/aromatic N) is 1. The van der Waals surface area contributed by atoms with Gasteiger partial charge in [-0.15, -0.1) is 0 Å². The highest BCUT2D eigenvalue weighted by atomic mass is 16.4. The summed E-state index contributed by atoms with van der Waals surface area (Å²) < 4.78 is 0. The number of aromatic nitrogens is 1. The summed E-state index contributed by atoms with van der Waals surface area (Å²) in [6, 6.07) is 1.83. The van der Waals surface area contributed by atoms with E-state index in [1.54, 1.807) is 13.0 Å². The smallest absolute Gasteiger partial charge is 0.306 e. The van der Waals surface area contributed by atoms with Crippen molar-refractivity contribution in [1.29, 1.82) is 0 Å². The Balaban J connectivity index is 2.23. The van der Waals surface area contributed by atoms with Gasteiger partial charge in [0.2, 0.25) is 0 Å². The Hall–Kier alpha value is -2.11. The van der Waals surface area contributed by atoms with Crippen LogP contribution in [-0.2, 0) is 4.79 Å². The summed E-state index contributed by atoms with van der Waals surface area (Å²) in [5.74, 6) is -1.59. The second-order valence-corrected chi connectivity index (χ2v) is 5.68. The number of aliphatic carboxylic acids is 1. The lowest BCUT2D eigenvalue weighted by molar-refractivity contribution is -0.142. The van der Waals surface area contributed by atoms with Crippen LogP contribution in [-0.4, -0.2) is 28.0 Å². The first kappa shape index (κ1) is 15.3. The Morgan fingerprint density at radius 2 is 2.10 bits per heavy atom. The molecule has 1 aromatic rings. The summed E-state index contributed by atoms with van der Waals surface area (Å²) in [4.78, 5) is 27.0. The summed E-state index contributed by atoms with van der Waals surface area (Å²) in [6.07, 6.45) is 3.03. The molecule has 1 aliphatic rings. The van der Waals surface area contributed by atoms with Crippen LogP contribution >= 0.6 is 0 Å². The summed E-state index contributed by atoms with van der Waals surface area (Å²) in [7, 11) is 0. The number of hydrogen-bond donors (Lipinski definition) is 3. The van der Waals surface area contributed by atoms with Gasteiger partial charge in [0, 0.05) is 11.7 Å². The average molecular weight is 291 g/mol. The van der Waals surface area contributed by atoms with Gasteiger partial charge in [-0.05, 0) is 39.2 Å². The maximum Gasteiger partial charge on any atom is 0.306 e. The van der Waals surface area contributed by atoms with Crippen molar-refractivity contribution in [1.82, 2.24) is 4.98 Å². The van der Waals surface area contributed by atoms with Gasteiger partial charge in [0.1, 0.15) is 0 Å². The molecule has 21 heavy (non-hydrogen) atoms. The molecule has 2 atom stereocenters. The maximum atomic E-state index is 11.6. The first-order valence-electron chi connectivity index (χ1n) is 7.16. The number of pyridine rings is 1. The number of primary amides is 1. The summed E-state index contributed by atoms with van der Waals surface area (Å²) >= 11 is 0. The zero-order valence-electron chi connectivity index (χ0n) is 12.3. The lowest BCUT2D eigenvalue weighted by Crippen LogP contribution is -2.32. The molecule has 0 spiro atoms. The molecule has 1 fully saturated rings. The van der Waals surface area contributed by atoms with Gasteiger partial charge in [-0.1, -0.05) is 6.42 Å². The SMILES string of the molecule is Cc1cc(NC2CCCC(C(=O)O)C2)c(C(N)=O)c(C)n1. The molecule has 1 heterocycles. The van der Waals surface area contributed by atoms with Gasteiger partial charge in [0.25, 0.3) is 5.91 Å². The molecule has 1 amide bonds. The molecule has 2 unspecified atom stereocenters. The van der Waals surface area contributed by atoms with E-state index in [2.05, 4.69) is 10.3 Å². The van der Waals surface area contributed by atoms with Gasteiger partial charge in [0.05, 0.1) is 22.9 Å². The van der Waals surface area contributed by atoms with E-state index < -0.39 is 11.9 Å². The molecule has 0 aromatic carbocycles. The average Bonchev–Trinajstić information content (AvgIpc) is 2.37. The monoisotopic (exact) mass is 291 g/mol. The van der Waals surface area contributed by atoms with Crippen molar-refractivity contribution in [2.75, 3.05) is 5.32 Å². The molecule has 0 aliphatic heterocycles. The van der Waals surface area contributed by atoms with Crippen LogP contribution < -0.4 is 11.1 Å². The molecule has 4 N–H and O–H groups in total. The van der Waals surface area contributed by atoms with E-state index in [1.807, 2.05) is 6.92 Å². The Labute approximate surface area is 123 Å². The minimum Gasteiger partial charge on any atom is -0.481 e. The molecule has 6 heteroatoms. The normalized spacial score (nSPS) is 21.8.